The summed E-state index contributed by atoms with van der Waals surface area (Å²) in [6.45, 7) is 3.22. The Labute approximate surface area is 83.7 Å². The summed E-state index contributed by atoms with van der Waals surface area (Å²) in [5, 5.41) is 0. The second kappa shape index (κ2) is 3.86. The van der Waals surface area contributed by atoms with Gasteiger partial charge < -0.3 is 9.30 Å². The minimum Gasteiger partial charge on any atom is -0.461 e. The van der Waals surface area contributed by atoms with E-state index in [9.17, 15) is 4.79 Å². The third kappa shape index (κ3) is 1.97. The van der Waals surface area contributed by atoms with E-state index >= 15 is 0 Å². The Morgan fingerprint density at radius 3 is 3.07 bits per heavy atom. The quantitative estimate of drug-likeness (QED) is 0.685. The van der Waals surface area contributed by atoms with Crippen molar-refractivity contribution in [3.05, 3.63) is 24.0 Å². The molecule has 1 aliphatic carbocycles. The smallest absolute Gasteiger partial charge is 0.354 e. The molecule has 1 saturated carbocycles. The molecule has 2 rings (SSSR count). The molecule has 0 atom stereocenters. The number of hydrogen-bond acceptors (Lipinski definition) is 2. The molecule has 1 aliphatic rings. The fraction of sp³-hybridized carbons (Fsp3) is 0.545. The van der Waals surface area contributed by atoms with Crippen LogP contribution in [0.4, 0.5) is 0 Å². The minimum atomic E-state index is -0.210. The van der Waals surface area contributed by atoms with Gasteiger partial charge in [0.05, 0.1) is 6.61 Å². The molecule has 0 unspecified atom stereocenters. The molecule has 1 aromatic rings. The highest BCUT2D eigenvalue weighted by Gasteiger charge is 2.23. The first kappa shape index (κ1) is 9.31. The van der Waals surface area contributed by atoms with Crippen molar-refractivity contribution in [3.63, 3.8) is 0 Å². The standard InChI is InChI=1S/C11H15NO2/c1-2-14-11(13)10-4-3-7-12(10)8-9-5-6-9/h3-4,7,9H,2,5-6,8H2,1H3. The van der Waals surface area contributed by atoms with Crippen LogP contribution in [0.15, 0.2) is 18.3 Å². The number of ether oxygens (including phenoxy) is 1. The highest BCUT2D eigenvalue weighted by molar-refractivity contribution is 5.87. The van der Waals surface area contributed by atoms with E-state index in [0.29, 0.717) is 12.3 Å². The molecule has 3 heteroatoms. The maximum absolute atomic E-state index is 11.5. The average Bonchev–Trinajstić information content (AvgIpc) is 2.82. The first-order chi connectivity index (χ1) is 6.81. The molecule has 0 amide bonds. The first-order valence-electron chi connectivity index (χ1n) is 5.13. The lowest BCUT2D eigenvalue weighted by Gasteiger charge is -2.07. The zero-order valence-electron chi connectivity index (χ0n) is 8.40. The molecule has 3 nitrogen and oxygen atoms in total. The van der Waals surface area contributed by atoms with Gasteiger partial charge in [-0.25, -0.2) is 4.79 Å². The van der Waals surface area contributed by atoms with Gasteiger partial charge in [-0.1, -0.05) is 0 Å². The molecule has 0 aromatic carbocycles. The summed E-state index contributed by atoms with van der Waals surface area (Å²) in [6, 6.07) is 3.72. The molecular weight excluding hydrogens is 178 g/mol. The largest absolute Gasteiger partial charge is 0.461 e. The lowest BCUT2D eigenvalue weighted by Crippen LogP contribution is -2.12. The van der Waals surface area contributed by atoms with Crippen molar-refractivity contribution in [2.75, 3.05) is 6.61 Å². The number of nitrogens with zero attached hydrogens (tertiary/aromatic N) is 1. The Bertz CT molecular complexity index is 326. The van der Waals surface area contributed by atoms with E-state index in [1.807, 2.05) is 29.8 Å². The van der Waals surface area contributed by atoms with Crippen LogP contribution in [0.1, 0.15) is 30.3 Å². The summed E-state index contributed by atoms with van der Waals surface area (Å²) >= 11 is 0. The van der Waals surface area contributed by atoms with Crippen LogP contribution < -0.4 is 0 Å². The molecule has 1 aromatic heterocycles. The van der Waals surface area contributed by atoms with E-state index < -0.39 is 0 Å². The molecule has 1 fully saturated rings. The zero-order chi connectivity index (χ0) is 9.97. The molecule has 0 radical (unpaired) electrons. The minimum absolute atomic E-state index is 0.210. The molecule has 0 N–H and O–H groups in total. The Morgan fingerprint density at radius 2 is 2.43 bits per heavy atom. The highest BCUT2D eigenvalue weighted by Crippen LogP contribution is 2.31. The number of carbonyl (C=O) groups is 1. The van der Waals surface area contributed by atoms with Crippen LogP contribution in [-0.4, -0.2) is 17.1 Å². The van der Waals surface area contributed by atoms with Gasteiger partial charge in [-0.05, 0) is 37.8 Å². The van der Waals surface area contributed by atoms with E-state index in [2.05, 4.69) is 0 Å². The van der Waals surface area contributed by atoms with Crippen molar-refractivity contribution in [3.8, 4) is 0 Å². The summed E-state index contributed by atoms with van der Waals surface area (Å²) < 4.78 is 6.96. The summed E-state index contributed by atoms with van der Waals surface area (Å²) in [6.07, 6.45) is 4.53. The molecule has 0 aliphatic heterocycles. The summed E-state index contributed by atoms with van der Waals surface area (Å²) in [5.41, 5.74) is 0.679. The van der Waals surface area contributed by atoms with Crippen LogP contribution in [0.3, 0.4) is 0 Å². The Kier molecular flexibility index (Phi) is 2.57. The van der Waals surface area contributed by atoms with E-state index in [4.69, 9.17) is 4.74 Å². The van der Waals surface area contributed by atoms with Crippen LogP contribution >= 0.6 is 0 Å². The van der Waals surface area contributed by atoms with Gasteiger partial charge in [0.15, 0.2) is 0 Å². The van der Waals surface area contributed by atoms with Crippen LogP contribution in [0.5, 0.6) is 0 Å². The SMILES string of the molecule is CCOC(=O)c1cccn1CC1CC1. The molecule has 76 valence electrons. The second-order valence-electron chi connectivity index (χ2n) is 3.71. The molecular formula is C11H15NO2. The topological polar surface area (TPSA) is 31.2 Å². The highest BCUT2D eigenvalue weighted by atomic mass is 16.5. The summed E-state index contributed by atoms with van der Waals surface area (Å²) in [5.74, 6) is 0.564. The van der Waals surface area contributed by atoms with E-state index in [1.165, 1.54) is 12.8 Å². The van der Waals surface area contributed by atoms with Crippen LogP contribution in [0.2, 0.25) is 0 Å². The number of rotatable bonds is 4. The average molecular weight is 193 g/mol. The maximum Gasteiger partial charge on any atom is 0.354 e. The van der Waals surface area contributed by atoms with Gasteiger partial charge in [-0.2, -0.15) is 0 Å². The van der Waals surface area contributed by atoms with Crippen molar-refractivity contribution < 1.29 is 9.53 Å². The van der Waals surface area contributed by atoms with Gasteiger partial charge in [0.2, 0.25) is 0 Å². The number of hydrogen-bond donors (Lipinski definition) is 0. The Morgan fingerprint density at radius 1 is 1.64 bits per heavy atom. The Hall–Kier alpha value is -1.25. The Balaban J connectivity index is 2.07. The van der Waals surface area contributed by atoms with Crippen molar-refractivity contribution in [1.29, 1.82) is 0 Å². The lowest BCUT2D eigenvalue weighted by molar-refractivity contribution is 0.0513. The van der Waals surface area contributed by atoms with E-state index in [-0.39, 0.29) is 5.97 Å². The predicted molar refractivity (Wildman–Crippen MR) is 53.1 cm³/mol. The van der Waals surface area contributed by atoms with Gasteiger partial charge in [0.25, 0.3) is 0 Å². The number of carbonyl (C=O) groups excluding carboxylic acids is 1. The second-order valence-corrected chi connectivity index (χ2v) is 3.71. The van der Waals surface area contributed by atoms with Gasteiger partial charge >= 0.3 is 5.97 Å². The van der Waals surface area contributed by atoms with Crippen molar-refractivity contribution in [1.82, 2.24) is 4.57 Å². The third-order valence-corrected chi connectivity index (χ3v) is 2.47. The molecule has 1 heterocycles. The lowest BCUT2D eigenvalue weighted by atomic mass is 10.4. The fourth-order valence-electron chi connectivity index (χ4n) is 1.54. The third-order valence-electron chi connectivity index (χ3n) is 2.47. The van der Waals surface area contributed by atoms with Crippen molar-refractivity contribution in [2.45, 2.75) is 26.3 Å². The van der Waals surface area contributed by atoms with Crippen LogP contribution in [-0.2, 0) is 11.3 Å². The van der Waals surface area contributed by atoms with Gasteiger partial charge in [-0.3, -0.25) is 0 Å². The molecule has 0 bridgehead atoms. The molecule has 0 spiro atoms. The summed E-state index contributed by atoms with van der Waals surface area (Å²) in [4.78, 5) is 11.5. The van der Waals surface area contributed by atoms with Gasteiger partial charge in [0.1, 0.15) is 5.69 Å². The normalized spacial score (nSPS) is 15.5. The molecule has 14 heavy (non-hydrogen) atoms. The van der Waals surface area contributed by atoms with E-state index in [1.54, 1.807) is 0 Å². The first-order valence-corrected chi connectivity index (χ1v) is 5.13. The van der Waals surface area contributed by atoms with Crippen molar-refractivity contribution >= 4 is 5.97 Å². The monoisotopic (exact) mass is 193 g/mol. The number of esters is 1. The maximum atomic E-state index is 11.5. The summed E-state index contributed by atoms with van der Waals surface area (Å²) in [7, 11) is 0. The fourth-order valence-corrected chi connectivity index (χ4v) is 1.54. The van der Waals surface area contributed by atoms with Gasteiger partial charge in [0, 0.05) is 12.7 Å². The molecule has 0 saturated heterocycles. The van der Waals surface area contributed by atoms with Crippen molar-refractivity contribution in [2.24, 2.45) is 5.92 Å². The van der Waals surface area contributed by atoms with Crippen LogP contribution in [0, 0.1) is 5.92 Å². The van der Waals surface area contributed by atoms with E-state index in [0.717, 1.165) is 12.5 Å². The predicted octanol–water partition coefficient (Wildman–Crippen LogP) is 2.07. The number of aromatic nitrogens is 1. The van der Waals surface area contributed by atoms with Gasteiger partial charge in [-0.15, -0.1) is 0 Å². The van der Waals surface area contributed by atoms with Crippen LogP contribution in [0.25, 0.3) is 0 Å². The zero-order valence-corrected chi connectivity index (χ0v) is 8.40.